The van der Waals surface area contributed by atoms with E-state index in [1.54, 1.807) is 12.1 Å². The first-order valence-corrected chi connectivity index (χ1v) is 6.41. The first-order chi connectivity index (χ1) is 8.92. The van der Waals surface area contributed by atoms with E-state index in [2.05, 4.69) is 5.32 Å². The summed E-state index contributed by atoms with van der Waals surface area (Å²) in [7, 11) is 3.85. The molecule has 1 fully saturated rings. The summed E-state index contributed by atoms with van der Waals surface area (Å²) in [5.74, 6) is -0.356. The fourth-order valence-electron chi connectivity index (χ4n) is 2.01. The van der Waals surface area contributed by atoms with E-state index in [1.807, 2.05) is 19.0 Å². The van der Waals surface area contributed by atoms with Crippen molar-refractivity contribution in [3.05, 3.63) is 35.6 Å². The minimum absolute atomic E-state index is 0. The number of nitrogens with two attached hydrogens (primary N) is 1. The monoisotopic (exact) mass is 337 g/mol. The highest BCUT2D eigenvalue weighted by molar-refractivity contribution is 5.89. The molecule has 1 aliphatic carbocycles. The van der Waals surface area contributed by atoms with Gasteiger partial charge in [0, 0.05) is 6.54 Å². The molecule has 4 nitrogen and oxygen atoms in total. The minimum Gasteiger partial charge on any atom is -0.353 e. The quantitative estimate of drug-likeness (QED) is 0.862. The molecule has 2 rings (SSSR count). The van der Waals surface area contributed by atoms with Crippen LogP contribution in [0.3, 0.4) is 0 Å². The maximum atomic E-state index is 12.9. The number of amides is 1. The Hall–Kier alpha value is -0.880. The van der Waals surface area contributed by atoms with Gasteiger partial charge < -0.3 is 16.0 Å². The van der Waals surface area contributed by atoms with Crippen molar-refractivity contribution in [3.8, 4) is 0 Å². The summed E-state index contributed by atoms with van der Waals surface area (Å²) in [4.78, 5) is 13.8. The van der Waals surface area contributed by atoms with E-state index in [0.29, 0.717) is 6.54 Å². The van der Waals surface area contributed by atoms with Gasteiger partial charge in [0.05, 0.1) is 11.6 Å². The molecule has 0 heterocycles. The number of carbonyl (C=O) groups is 1. The summed E-state index contributed by atoms with van der Waals surface area (Å²) in [5, 5.41) is 2.88. The predicted octanol–water partition coefficient (Wildman–Crippen LogP) is 1.88. The van der Waals surface area contributed by atoms with E-state index in [1.165, 1.54) is 12.1 Å². The maximum Gasteiger partial charge on any atom is 0.240 e. The van der Waals surface area contributed by atoms with Gasteiger partial charge in [-0.05, 0) is 44.6 Å². The number of likely N-dealkylation sites (N-methyl/N-ethyl adjacent to an activating group) is 1. The van der Waals surface area contributed by atoms with Crippen LogP contribution >= 0.6 is 24.8 Å². The number of halogens is 3. The summed E-state index contributed by atoms with van der Waals surface area (Å²) in [5.41, 5.74) is 6.15. The molecule has 21 heavy (non-hydrogen) atoms. The Morgan fingerprint density at radius 3 is 2.29 bits per heavy atom. The molecule has 1 aromatic carbocycles. The zero-order chi connectivity index (χ0) is 14.0. The topological polar surface area (TPSA) is 58.4 Å². The number of rotatable bonds is 5. The van der Waals surface area contributed by atoms with Gasteiger partial charge in [-0.15, -0.1) is 24.8 Å². The molecule has 3 N–H and O–H groups in total. The molecule has 0 spiro atoms. The van der Waals surface area contributed by atoms with Crippen LogP contribution in [0.15, 0.2) is 24.3 Å². The second-order valence-electron chi connectivity index (χ2n) is 5.40. The Labute approximate surface area is 137 Å². The second-order valence-corrected chi connectivity index (χ2v) is 5.40. The highest BCUT2D eigenvalue weighted by Gasteiger charge is 2.45. The molecule has 7 heteroatoms. The van der Waals surface area contributed by atoms with Crippen LogP contribution in [-0.4, -0.2) is 37.0 Å². The summed E-state index contributed by atoms with van der Waals surface area (Å²) < 4.78 is 12.9. The van der Waals surface area contributed by atoms with Crippen molar-refractivity contribution in [2.75, 3.05) is 20.6 Å². The molecule has 1 aliphatic rings. The number of nitrogens with one attached hydrogen (secondary N) is 1. The Kier molecular flexibility index (Phi) is 7.61. The molecule has 0 aromatic heterocycles. The van der Waals surface area contributed by atoms with Crippen LogP contribution in [0.1, 0.15) is 24.4 Å². The Balaban J connectivity index is 0.00000200. The molecule has 0 radical (unpaired) electrons. The number of nitrogens with zero attached hydrogens (tertiary/aromatic N) is 1. The fraction of sp³-hybridized carbons (Fsp3) is 0.500. The number of carbonyl (C=O) groups excluding carboxylic acids is 1. The normalized spacial score (nSPS) is 16.4. The van der Waals surface area contributed by atoms with Crippen molar-refractivity contribution < 1.29 is 9.18 Å². The van der Waals surface area contributed by atoms with Gasteiger partial charge in [0.2, 0.25) is 5.91 Å². The van der Waals surface area contributed by atoms with E-state index >= 15 is 0 Å². The Morgan fingerprint density at radius 2 is 1.86 bits per heavy atom. The number of hydrogen-bond acceptors (Lipinski definition) is 3. The standard InChI is InChI=1S/C14H20FN3O.2ClH/c1-18(2)12(10-3-5-11(15)6-4-10)9-17-13(19)14(16)7-8-14;;/h3-6,12H,7-9,16H2,1-2H3,(H,17,19);2*1H. The summed E-state index contributed by atoms with van der Waals surface area (Å²) in [6.07, 6.45) is 1.50. The molecular weight excluding hydrogens is 316 g/mol. The molecule has 1 atom stereocenters. The molecule has 120 valence electrons. The van der Waals surface area contributed by atoms with Crippen molar-refractivity contribution in [1.82, 2.24) is 10.2 Å². The lowest BCUT2D eigenvalue weighted by molar-refractivity contribution is -0.123. The third-order valence-corrected chi connectivity index (χ3v) is 3.57. The fourth-order valence-corrected chi connectivity index (χ4v) is 2.01. The molecular formula is C14H22Cl2FN3O. The Bertz CT molecular complexity index is 464. The largest absolute Gasteiger partial charge is 0.353 e. The van der Waals surface area contributed by atoms with E-state index in [4.69, 9.17) is 5.73 Å². The Morgan fingerprint density at radius 1 is 1.33 bits per heavy atom. The minimum atomic E-state index is -0.653. The van der Waals surface area contributed by atoms with Gasteiger partial charge in [-0.1, -0.05) is 12.1 Å². The number of hydrogen-bond donors (Lipinski definition) is 2. The highest BCUT2D eigenvalue weighted by Crippen LogP contribution is 2.32. The van der Waals surface area contributed by atoms with E-state index in [0.717, 1.165) is 18.4 Å². The maximum absolute atomic E-state index is 12.9. The van der Waals surface area contributed by atoms with Crippen LogP contribution in [0, 0.1) is 5.82 Å². The van der Waals surface area contributed by atoms with Crippen molar-refractivity contribution >= 4 is 30.7 Å². The molecule has 0 saturated heterocycles. The van der Waals surface area contributed by atoms with Crippen molar-refractivity contribution in [2.24, 2.45) is 5.73 Å². The lowest BCUT2D eigenvalue weighted by atomic mass is 10.1. The zero-order valence-corrected chi connectivity index (χ0v) is 13.8. The van der Waals surface area contributed by atoms with E-state index < -0.39 is 5.54 Å². The van der Waals surface area contributed by atoms with E-state index in [9.17, 15) is 9.18 Å². The van der Waals surface area contributed by atoms with Crippen molar-refractivity contribution in [1.29, 1.82) is 0 Å². The lowest BCUT2D eigenvalue weighted by Crippen LogP contribution is -2.45. The van der Waals surface area contributed by atoms with Gasteiger partial charge in [-0.3, -0.25) is 4.79 Å². The van der Waals surface area contributed by atoms with Crippen LogP contribution in [0.25, 0.3) is 0 Å². The van der Waals surface area contributed by atoms with Crippen molar-refractivity contribution in [2.45, 2.75) is 24.4 Å². The molecule has 1 amide bonds. The smallest absolute Gasteiger partial charge is 0.240 e. The third kappa shape index (κ3) is 5.11. The first-order valence-electron chi connectivity index (χ1n) is 6.41. The SMILES string of the molecule is CN(C)C(CNC(=O)C1(N)CC1)c1ccc(F)cc1.Cl.Cl. The summed E-state index contributed by atoms with van der Waals surface area (Å²) in [6.45, 7) is 0.469. The highest BCUT2D eigenvalue weighted by atomic mass is 35.5. The third-order valence-electron chi connectivity index (χ3n) is 3.57. The second kappa shape index (κ2) is 7.94. The molecule has 0 bridgehead atoms. The van der Waals surface area contributed by atoms with Gasteiger partial charge in [0.1, 0.15) is 5.82 Å². The van der Waals surface area contributed by atoms with Gasteiger partial charge in [-0.2, -0.15) is 0 Å². The van der Waals surface area contributed by atoms with Crippen molar-refractivity contribution in [3.63, 3.8) is 0 Å². The van der Waals surface area contributed by atoms with Gasteiger partial charge >= 0.3 is 0 Å². The first kappa shape index (κ1) is 20.1. The average molecular weight is 338 g/mol. The van der Waals surface area contributed by atoms with Crippen LogP contribution in [0.5, 0.6) is 0 Å². The predicted molar refractivity (Wildman–Crippen MR) is 86.5 cm³/mol. The lowest BCUT2D eigenvalue weighted by Gasteiger charge is -2.25. The van der Waals surface area contributed by atoms with Crippen LogP contribution < -0.4 is 11.1 Å². The van der Waals surface area contributed by atoms with Gasteiger partial charge in [0.25, 0.3) is 0 Å². The molecule has 1 unspecified atom stereocenters. The molecule has 1 aromatic rings. The van der Waals surface area contributed by atoms with Crippen LogP contribution in [0.2, 0.25) is 0 Å². The average Bonchev–Trinajstić information content (AvgIpc) is 3.10. The summed E-state index contributed by atoms with van der Waals surface area (Å²) in [6, 6.07) is 6.34. The van der Waals surface area contributed by atoms with Gasteiger partial charge in [-0.25, -0.2) is 4.39 Å². The van der Waals surface area contributed by atoms with E-state index in [-0.39, 0.29) is 42.6 Å². The van der Waals surface area contributed by atoms with Gasteiger partial charge in [0.15, 0.2) is 0 Å². The van der Waals surface area contributed by atoms with Crippen LogP contribution in [0.4, 0.5) is 4.39 Å². The number of benzene rings is 1. The van der Waals surface area contributed by atoms with Crippen LogP contribution in [-0.2, 0) is 4.79 Å². The zero-order valence-electron chi connectivity index (χ0n) is 12.1. The molecule has 0 aliphatic heterocycles. The molecule has 1 saturated carbocycles. The summed E-state index contributed by atoms with van der Waals surface area (Å²) >= 11 is 0.